The van der Waals surface area contributed by atoms with Crippen molar-refractivity contribution in [2.75, 3.05) is 0 Å². The summed E-state index contributed by atoms with van der Waals surface area (Å²) in [6.07, 6.45) is 0. The van der Waals surface area contributed by atoms with Crippen LogP contribution in [0.4, 0.5) is 0 Å². The van der Waals surface area contributed by atoms with Crippen molar-refractivity contribution in [2.45, 2.75) is 24.5 Å². The zero-order valence-corrected chi connectivity index (χ0v) is 11.5. The first-order valence-corrected chi connectivity index (χ1v) is 6.65. The topological polar surface area (TPSA) is 47.8 Å². The summed E-state index contributed by atoms with van der Waals surface area (Å²) in [7, 11) is 1.96. The maximum Gasteiger partial charge on any atom is 0.159 e. The summed E-state index contributed by atoms with van der Waals surface area (Å²) in [5, 5.41) is 8.13. The van der Waals surface area contributed by atoms with Gasteiger partial charge in [-0.1, -0.05) is 12.1 Å². The number of thioether (sulfide) groups is 1. The number of carbonyl (C=O) groups excluding carboxylic acids is 1. The van der Waals surface area contributed by atoms with Crippen molar-refractivity contribution < 1.29 is 4.79 Å². The van der Waals surface area contributed by atoms with Crippen LogP contribution in [0.3, 0.4) is 0 Å². The molecule has 0 bridgehead atoms. The van der Waals surface area contributed by atoms with Crippen molar-refractivity contribution >= 4 is 17.5 Å². The molecule has 1 heterocycles. The summed E-state index contributed by atoms with van der Waals surface area (Å²) in [4.78, 5) is 12.4. The largest absolute Gasteiger partial charge is 0.318 e. The van der Waals surface area contributed by atoms with Crippen molar-refractivity contribution in [3.63, 3.8) is 0 Å². The van der Waals surface area contributed by atoms with E-state index in [-0.39, 0.29) is 5.78 Å². The predicted molar refractivity (Wildman–Crippen MR) is 71.7 cm³/mol. The van der Waals surface area contributed by atoms with Gasteiger partial charge in [0, 0.05) is 17.5 Å². The number of hydrogen-bond donors (Lipinski definition) is 0. The van der Waals surface area contributed by atoms with Gasteiger partial charge in [-0.05, 0) is 26.0 Å². The molecule has 18 heavy (non-hydrogen) atoms. The second-order valence-corrected chi connectivity index (χ2v) is 5.14. The molecule has 0 saturated carbocycles. The Morgan fingerprint density at radius 2 is 2.17 bits per heavy atom. The van der Waals surface area contributed by atoms with Gasteiger partial charge in [-0.3, -0.25) is 4.79 Å². The monoisotopic (exact) mass is 261 g/mol. The summed E-state index contributed by atoms with van der Waals surface area (Å²) < 4.78 is 1.97. The van der Waals surface area contributed by atoms with Crippen LogP contribution in [-0.4, -0.2) is 20.5 Å². The van der Waals surface area contributed by atoms with E-state index in [1.807, 2.05) is 42.8 Å². The highest BCUT2D eigenvalue weighted by Crippen LogP contribution is 2.23. The molecule has 0 N–H and O–H groups in total. The Balaban J connectivity index is 2.08. The number of carbonyl (C=O) groups is 1. The van der Waals surface area contributed by atoms with E-state index in [2.05, 4.69) is 10.2 Å². The summed E-state index contributed by atoms with van der Waals surface area (Å²) in [5.41, 5.74) is 0.745. The highest BCUT2D eigenvalue weighted by atomic mass is 32.2. The van der Waals surface area contributed by atoms with Crippen molar-refractivity contribution in [1.29, 1.82) is 0 Å². The van der Waals surface area contributed by atoms with E-state index in [0.717, 1.165) is 27.9 Å². The Labute approximate surface area is 110 Å². The van der Waals surface area contributed by atoms with Crippen LogP contribution in [0, 0.1) is 6.92 Å². The van der Waals surface area contributed by atoms with Gasteiger partial charge in [-0.15, -0.1) is 22.0 Å². The lowest BCUT2D eigenvalue weighted by Gasteiger charge is -2.03. The highest BCUT2D eigenvalue weighted by molar-refractivity contribution is 7.98. The number of rotatable bonds is 4. The molecule has 0 radical (unpaired) electrons. The second-order valence-electron chi connectivity index (χ2n) is 4.10. The molecular formula is C13H15N3OS. The standard InChI is InChI=1S/C13H15N3OS/c1-9(17)11-5-4-6-12(7-11)18-8-13-15-14-10(2)16(13)3/h4-7H,8H2,1-3H3. The number of benzene rings is 1. The first-order valence-electron chi connectivity index (χ1n) is 5.66. The van der Waals surface area contributed by atoms with Crippen molar-refractivity contribution in [1.82, 2.24) is 14.8 Å². The third kappa shape index (κ3) is 2.79. The van der Waals surface area contributed by atoms with Gasteiger partial charge < -0.3 is 4.57 Å². The zero-order chi connectivity index (χ0) is 13.1. The van der Waals surface area contributed by atoms with Crippen LogP contribution in [0.2, 0.25) is 0 Å². The normalized spacial score (nSPS) is 10.6. The van der Waals surface area contributed by atoms with Gasteiger partial charge in [-0.2, -0.15) is 0 Å². The minimum Gasteiger partial charge on any atom is -0.318 e. The van der Waals surface area contributed by atoms with E-state index in [9.17, 15) is 4.79 Å². The quantitative estimate of drug-likeness (QED) is 0.627. The number of hydrogen-bond acceptors (Lipinski definition) is 4. The van der Waals surface area contributed by atoms with Crippen LogP contribution in [0.15, 0.2) is 29.2 Å². The van der Waals surface area contributed by atoms with E-state index in [1.54, 1.807) is 18.7 Å². The van der Waals surface area contributed by atoms with Crippen LogP contribution in [0.25, 0.3) is 0 Å². The third-order valence-electron chi connectivity index (χ3n) is 2.79. The molecule has 0 fully saturated rings. The fourth-order valence-electron chi connectivity index (χ4n) is 1.53. The van der Waals surface area contributed by atoms with E-state index in [1.165, 1.54) is 0 Å². The van der Waals surface area contributed by atoms with Gasteiger partial charge >= 0.3 is 0 Å². The van der Waals surface area contributed by atoms with Crippen LogP contribution >= 0.6 is 11.8 Å². The Hall–Kier alpha value is -1.62. The molecule has 0 unspecified atom stereocenters. The number of aromatic nitrogens is 3. The molecule has 2 aromatic rings. The Bertz CT molecular complexity index is 577. The lowest BCUT2D eigenvalue weighted by atomic mass is 10.2. The number of ketones is 1. The summed E-state index contributed by atoms with van der Waals surface area (Å²) in [5.74, 6) is 2.68. The molecule has 0 atom stereocenters. The van der Waals surface area contributed by atoms with Crippen LogP contribution < -0.4 is 0 Å². The van der Waals surface area contributed by atoms with Gasteiger partial charge in [0.25, 0.3) is 0 Å². The minimum atomic E-state index is 0.0898. The minimum absolute atomic E-state index is 0.0898. The van der Waals surface area contributed by atoms with Crippen molar-refractivity contribution in [2.24, 2.45) is 7.05 Å². The molecule has 94 valence electrons. The molecule has 4 nitrogen and oxygen atoms in total. The summed E-state index contributed by atoms with van der Waals surface area (Å²) in [6.45, 7) is 3.51. The van der Waals surface area contributed by atoms with Crippen LogP contribution in [0.5, 0.6) is 0 Å². The second kappa shape index (κ2) is 5.35. The fraction of sp³-hybridized carbons (Fsp3) is 0.308. The molecular weight excluding hydrogens is 246 g/mol. The molecule has 0 aliphatic heterocycles. The Kier molecular flexibility index (Phi) is 3.81. The maximum atomic E-state index is 11.3. The molecule has 1 aromatic heterocycles. The van der Waals surface area contributed by atoms with Gasteiger partial charge in [-0.25, -0.2) is 0 Å². The summed E-state index contributed by atoms with van der Waals surface area (Å²) in [6, 6.07) is 7.65. The Morgan fingerprint density at radius 3 is 2.78 bits per heavy atom. The molecule has 1 aromatic carbocycles. The number of nitrogens with zero attached hydrogens (tertiary/aromatic N) is 3. The van der Waals surface area contributed by atoms with Gasteiger partial charge in [0.15, 0.2) is 5.78 Å². The smallest absolute Gasteiger partial charge is 0.159 e. The van der Waals surface area contributed by atoms with Crippen molar-refractivity contribution in [3.8, 4) is 0 Å². The average molecular weight is 261 g/mol. The van der Waals surface area contributed by atoms with Gasteiger partial charge in [0.1, 0.15) is 11.6 Å². The average Bonchev–Trinajstić information content (AvgIpc) is 2.68. The fourth-order valence-corrected chi connectivity index (χ4v) is 2.46. The molecule has 0 saturated heterocycles. The van der Waals surface area contributed by atoms with E-state index in [4.69, 9.17) is 0 Å². The predicted octanol–water partition coefficient (Wildman–Crippen LogP) is 2.62. The lowest BCUT2D eigenvalue weighted by Crippen LogP contribution is -1.97. The Morgan fingerprint density at radius 1 is 1.39 bits per heavy atom. The van der Waals surface area contributed by atoms with E-state index in [0.29, 0.717) is 0 Å². The number of Topliss-reactive ketones (excluding diaryl/α,β-unsaturated/α-hetero) is 1. The molecule has 0 spiro atoms. The van der Waals surface area contributed by atoms with E-state index < -0.39 is 0 Å². The number of aryl methyl sites for hydroxylation is 1. The maximum absolute atomic E-state index is 11.3. The molecule has 0 aliphatic rings. The summed E-state index contributed by atoms with van der Waals surface area (Å²) >= 11 is 1.66. The zero-order valence-electron chi connectivity index (χ0n) is 10.7. The molecule has 0 aliphatic carbocycles. The molecule has 2 rings (SSSR count). The van der Waals surface area contributed by atoms with Crippen LogP contribution in [0.1, 0.15) is 28.9 Å². The highest BCUT2D eigenvalue weighted by Gasteiger charge is 2.06. The third-order valence-corrected chi connectivity index (χ3v) is 3.78. The van der Waals surface area contributed by atoms with Crippen LogP contribution in [-0.2, 0) is 12.8 Å². The van der Waals surface area contributed by atoms with Crippen molar-refractivity contribution in [3.05, 3.63) is 41.5 Å². The first kappa shape index (κ1) is 12.8. The molecule has 5 heteroatoms. The van der Waals surface area contributed by atoms with E-state index >= 15 is 0 Å². The van der Waals surface area contributed by atoms with Gasteiger partial charge in [0.2, 0.25) is 0 Å². The first-order chi connectivity index (χ1) is 8.58. The SMILES string of the molecule is CC(=O)c1cccc(SCc2nnc(C)n2C)c1. The lowest BCUT2D eigenvalue weighted by molar-refractivity contribution is 0.101. The molecule has 0 amide bonds. The van der Waals surface area contributed by atoms with Gasteiger partial charge in [0.05, 0.1) is 5.75 Å².